The highest BCUT2D eigenvalue weighted by atomic mass is 32.2. The predicted octanol–water partition coefficient (Wildman–Crippen LogP) is 2.43. The highest BCUT2D eigenvalue weighted by Crippen LogP contribution is 2.21. The van der Waals surface area contributed by atoms with Crippen molar-refractivity contribution in [1.82, 2.24) is 4.57 Å². The zero-order valence-electron chi connectivity index (χ0n) is 15.0. The average Bonchev–Trinajstić information content (AvgIpc) is 2.99. The molecule has 0 saturated carbocycles. The Labute approximate surface area is 167 Å². The number of hydrogen-bond acceptors (Lipinski definition) is 4. The quantitative estimate of drug-likeness (QED) is 0.629. The van der Waals surface area contributed by atoms with E-state index in [1.165, 1.54) is 29.0 Å². The lowest BCUT2D eigenvalue weighted by atomic mass is 10.1. The van der Waals surface area contributed by atoms with Gasteiger partial charge in [0.15, 0.2) is 4.80 Å². The Morgan fingerprint density at radius 2 is 1.96 bits per heavy atom. The normalized spacial score (nSPS) is 12.2. The Morgan fingerprint density at radius 1 is 1.21 bits per heavy atom. The maximum absolute atomic E-state index is 12.3. The molecule has 8 heteroatoms. The van der Waals surface area contributed by atoms with E-state index < -0.39 is 10.0 Å². The predicted molar refractivity (Wildman–Crippen MR) is 110 cm³/mol. The molecule has 1 aromatic heterocycles. The van der Waals surface area contributed by atoms with Crippen LogP contribution in [0.3, 0.4) is 0 Å². The lowest BCUT2D eigenvalue weighted by Gasteiger charge is -2.01. The zero-order valence-corrected chi connectivity index (χ0v) is 16.7. The summed E-state index contributed by atoms with van der Waals surface area (Å²) in [6, 6.07) is 14.5. The van der Waals surface area contributed by atoms with Gasteiger partial charge in [-0.15, -0.1) is 6.42 Å². The van der Waals surface area contributed by atoms with Crippen LogP contribution in [0.2, 0.25) is 0 Å². The number of sulfonamides is 1. The van der Waals surface area contributed by atoms with Crippen molar-refractivity contribution in [3.05, 3.63) is 58.9 Å². The minimum Gasteiger partial charge on any atom is -0.305 e. The lowest BCUT2D eigenvalue weighted by molar-refractivity contribution is -0.118. The molecule has 0 bridgehead atoms. The third-order valence-corrected chi connectivity index (χ3v) is 6.10. The largest absolute Gasteiger partial charge is 0.305 e. The number of nitrogens with two attached hydrogens (primary N) is 1. The van der Waals surface area contributed by atoms with E-state index in [1.54, 1.807) is 10.6 Å². The van der Waals surface area contributed by atoms with Crippen molar-refractivity contribution in [2.24, 2.45) is 10.1 Å². The number of carbonyl (C=O) groups excluding carboxylic acids is 1. The van der Waals surface area contributed by atoms with E-state index in [0.29, 0.717) is 27.9 Å². The standard InChI is InChI=1S/C20H19N3O3S2/c1-2-13-23-17-12-11-16(28(21,25)26)14-18(17)27-20(23)22-19(24)10-6-9-15-7-4-3-5-8-15/h1,3-5,7-8,11-12,14H,6,9-10,13H2,(H2,21,25,26). The number of amides is 1. The van der Waals surface area contributed by atoms with Crippen LogP contribution in [-0.4, -0.2) is 18.9 Å². The van der Waals surface area contributed by atoms with Gasteiger partial charge in [-0.25, -0.2) is 13.6 Å². The van der Waals surface area contributed by atoms with E-state index >= 15 is 0 Å². The number of terminal acetylenes is 1. The first-order chi connectivity index (χ1) is 13.4. The SMILES string of the molecule is C#CCn1c(=NC(=O)CCCc2ccccc2)sc2cc(S(N)(=O)=O)ccc21. The van der Waals surface area contributed by atoms with E-state index in [1.807, 2.05) is 30.3 Å². The molecule has 0 fully saturated rings. The van der Waals surface area contributed by atoms with Crippen LogP contribution in [0.15, 0.2) is 58.4 Å². The van der Waals surface area contributed by atoms with Crippen LogP contribution in [0.1, 0.15) is 18.4 Å². The molecule has 2 aromatic carbocycles. The molecular weight excluding hydrogens is 394 g/mol. The number of fused-ring (bicyclic) bond motifs is 1. The van der Waals surface area contributed by atoms with Gasteiger partial charge in [0.05, 0.1) is 21.7 Å². The van der Waals surface area contributed by atoms with Crippen LogP contribution in [0, 0.1) is 12.3 Å². The van der Waals surface area contributed by atoms with Crippen molar-refractivity contribution >= 4 is 37.5 Å². The van der Waals surface area contributed by atoms with Gasteiger partial charge in [-0.2, -0.15) is 4.99 Å². The number of benzene rings is 2. The molecule has 0 aliphatic heterocycles. The van der Waals surface area contributed by atoms with Crippen molar-refractivity contribution in [1.29, 1.82) is 0 Å². The van der Waals surface area contributed by atoms with Crippen molar-refractivity contribution < 1.29 is 13.2 Å². The third kappa shape index (κ3) is 4.75. The first-order valence-corrected chi connectivity index (χ1v) is 11.0. The zero-order chi connectivity index (χ0) is 20.1. The smallest absolute Gasteiger partial charge is 0.248 e. The highest BCUT2D eigenvalue weighted by Gasteiger charge is 2.13. The number of carbonyl (C=O) groups is 1. The molecule has 3 aromatic rings. The molecule has 1 heterocycles. The Balaban J connectivity index is 1.86. The van der Waals surface area contributed by atoms with Crippen molar-refractivity contribution in [2.45, 2.75) is 30.7 Å². The van der Waals surface area contributed by atoms with Crippen LogP contribution in [-0.2, 0) is 27.8 Å². The van der Waals surface area contributed by atoms with Gasteiger partial charge in [0, 0.05) is 6.42 Å². The van der Waals surface area contributed by atoms with Gasteiger partial charge >= 0.3 is 0 Å². The summed E-state index contributed by atoms with van der Waals surface area (Å²) in [6.45, 7) is 0.227. The summed E-state index contributed by atoms with van der Waals surface area (Å²) < 4.78 is 25.5. The fraction of sp³-hybridized carbons (Fsp3) is 0.200. The molecule has 0 radical (unpaired) electrons. The fourth-order valence-electron chi connectivity index (χ4n) is 2.81. The van der Waals surface area contributed by atoms with E-state index in [0.717, 1.165) is 6.42 Å². The molecule has 6 nitrogen and oxygen atoms in total. The van der Waals surface area contributed by atoms with Crippen LogP contribution >= 0.6 is 11.3 Å². The number of aryl methyl sites for hydroxylation is 1. The van der Waals surface area contributed by atoms with Gasteiger partial charge < -0.3 is 4.57 Å². The number of nitrogens with zero attached hydrogens (tertiary/aromatic N) is 2. The first kappa shape index (κ1) is 20.0. The number of primary sulfonamides is 1. The van der Waals surface area contributed by atoms with Gasteiger partial charge in [0.1, 0.15) is 0 Å². The summed E-state index contributed by atoms with van der Waals surface area (Å²) >= 11 is 1.21. The lowest BCUT2D eigenvalue weighted by Crippen LogP contribution is -2.16. The molecule has 144 valence electrons. The fourth-order valence-corrected chi connectivity index (χ4v) is 4.51. The second-order valence-corrected chi connectivity index (χ2v) is 8.76. The van der Waals surface area contributed by atoms with Crippen molar-refractivity contribution in [2.75, 3.05) is 0 Å². The molecule has 3 rings (SSSR count). The number of rotatable bonds is 6. The van der Waals surface area contributed by atoms with Crippen LogP contribution in [0.5, 0.6) is 0 Å². The molecule has 0 spiro atoms. The minimum absolute atomic E-state index is 0.00912. The summed E-state index contributed by atoms with van der Waals surface area (Å²) in [7, 11) is -3.81. The van der Waals surface area contributed by atoms with Gasteiger partial charge in [-0.3, -0.25) is 4.79 Å². The number of aromatic nitrogens is 1. The molecule has 0 aliphatic carbocycles. The van der Waals surface area contributed by atoms with Crippen molar-refractivity contribution in [3.63, 3.8) is 0 Å². The molecule has 1 amide bonds. The molecule has 0 saturated heterocycles. The first-order valence-electron chi connectivity index (χ1n) is 8.59. The maximum Gasteiger partial charge on any atom is 0.248 e. The van der Waals surface area contributed by atoms with E-state index in [-0.39, 0.29) is 17.3 Å². The van der Waals surface area contributed by atoms with Crippen LogP contribution < -0.4 is 9.94 Å². The van der Waals surface area contributed by atoms with E-state index in [9.17, 15) is 13.2 Å². The summed E-state index contributed by atoms with van der Waals surface area (Å²) in [5.74, 6) is 2.30. The van der Waals surface area contributed by atoms with Gasteiger partial charge in [-0.1, -0.05) is 47.6 Å². The van der Waals surface area contributed by atoms with E-state index in [2.05, 4.69) is 10.9 Å². The number of hydrogen-bond donors (Lipinski definition) is 1. The van der Waals surface area contributed by atoms with Gasteiger partial charge in [-0.05, 0) is 36.6 Å². The average molecular weight is 414 g/mol. The molecule has 0 aliphatic rings. The Hall–Kier alpha value is -2.73. The molecule has 2 N–H and O–H groups in total. The summed E-state index contributed by atoms with van der Waals surface area (Å²) in [6.07, 6.45) is 7.27. The summed E-state index contributed by atoms with van der Waals surface area (Å²) in [4.78, 5) is 17.0. The molecule has 28 heavy (non-hydrogen) atoms. The van der Waals surface area contributed by atoms with Crippen LogP contribution in [0.25, 0.3) is 10.2 Å². The monoisotopic (exact) mass is 413 g/mol. The summed E-state index contributed by atoms with van der Waals surface area (Å²) in [5.41, 5.74) is 1.89. The minimum atomic E-state index is -3.81. The van der Waals surface area contributed by atoms with E-state index in [4.69, 9.17) is 11.6 Å². The molecule has 0 atom stereocenters. The number of thiazole rings is 1. The second kappa shape index (κ2) is 8.52. The van der Waals surface area contributed by atoms with Gasteiger partial charge in [0.2, 0.25) is 15.9 Å². The highest BCUT2D eigenvalue weighted by molar-refractivity contribution is 7.89. The maximum atomic E-state index is 12.3. The summed E-state index contributed by atoms with van der Waals surface area (Å²) in [5, 5.41) is 5.20. The van der Waals surface area contributed by atoms with Crippen molar-refractivity contribution in [3.8, 4) is 12.3 Å². The molecular formula is C20H19N3O3S2. The van der Waals surface area contributed by atoms with Crippen LogP contribution in [0.4, 0.5) is 0 Å². The Morgan fingerprint density at radius 3 is 2.64 bits per heavy atom. The second-order valence-electron chi connectivity index (χ2n) is 6.19. The Kier molecular flexibility index (Phi) is 6.09. The Bertz CT molecular complexity index is 1220. The third-order valence-electron chi connectivity index (χ3n) is 4.15. The topological polar surface area (TPSA) is 94.5 Å². The van der Waals surface area contributed by atoms with Gasteiger partial charge in [0.25, 0.3) is 0 Å². The molecule has 0 unspecified atom stereocenters.